The minimum atomic E-state index is -0.137. The second kappa shape index (κ2) is 7.99. The molecule has 2 saturated heterocycles. The first-order valence-electron chi connectivity index (χ1n) is 10.5. The molecular weight excluding hydrogens is 394 g/mol. The number of anilines is 2. The number of nitrogens with one attached hydrogen (secondary N) is 1. The quantitative estimate of drug-likeness (QED) is 0.490. The van der Waals surface area contributed by atoms with E-state index in [9.17, 15) is 4.79 Å². The molecular formula is C22H25N7O2. The van der Waals surface area contributed by atoms with Crippen molar-refractivity contribution in [2.24, 2.45) is 12.2 Å². The van der Waals surface area contributed by atoms with Crippen LogP contribution < -0.4 is 20.7 Å². The maximum Gasteiger partial charge on any atom is 0.264 e. The number of oxime groups is 1. The second-order valence-corrected chi connectivity index (χ2v) is 8.01. The molecule has 2 fully saturated rings. The molecule has 9 nitrogen and oxygen atoms in total. The minimum Gasteiger partial charge on any atom is -0.411 e. The molecule has 3 aromatic rings. The summed E-state index contributed by atoms with van der Waals surface area (Å²) in [5, 5.41) is 16.4. The predicted octanol–water partition coefficient (Wildman–Crippen LogP) is 1.45. The lowest BCUT2D eigenvalue weighted by Gasteiger charge is -2.29. The number of aromatic nitrogens is 3. The lowest BCUT2D eigenvalue weighted by molar-refractivity contribution is 0.318. The van der Waals surface area contributed by atoms with Gasteiger partial charge in [-0.3, -0.25) is 4.79 Å². The Labute approximate surface area is 179 Å². The van der Waals surface area contributed by atoms with E-state index >= 15 is 0 Å². The van der Waals surface area contributed by atoms with Gasteiger partial charge in [0.1, 0.15) is 11.2 Å². The zero-order chi connectivity index (χ0) is 21.4. The minimum absolute atomic E-state index is 0.137. The van der Waals surface area contributed by atoms with Gasteiger partial charge in [-0.15, -0.1) is 0 Å². The Morgan fingerprint density at radius 2 is 1.87 bits per heavy atom. The number of piperazine rings is 1. The smallest absolute Gasteiger partial charge is 0.264 e. The zero-order valence-corrected chi connectivity index (χ0v) is 17.5. The van der Waals surface area contributed by atoms with Gasteiger partial charge in [0.2, 0.25) is 0 Å². The van der Waals surface area contributed by atoms with Crippen LogP contribution in [-0.4, -0.2) is 64.7 Å². The molecule has 2 aliphatic heterocycles. The largest absolute Gasteiger partial charge is 0.411 e. The molecule has 0 saturated carbocycles. The molecule has 0 unspecified atom stereocenters. The van der Waals surface area contributed by atoms with Crippen molar-refractivity contribution >= 4 is 28.1 Å². The molecule has 0 aliphatic carbocycles. The summed E-state index contributed by atoms with van der Waals surface area (Å²) >= 11 is 0. The number of hydrogen-bond donors (Lipinski definition) is 2. The fourth-order valence-electron chi connectivity index (χ4n) is 4.25. The Bertz CT molecular complexity index is 1200. The van der Waals surface area contributed by atoms with Gasteiger partial charge in [-0.2, -0.15) is 0 Å². The molecule has 0 spiro atoms. The van der Waals surface area contributed by atoms with E-state index in [4.69, 9.17) is 10.2 Å². The third kappa shape index (κ3) is 3.61. The van der Waals surface area contributed by atoms with Gasteiger partial charge in [-0.25, -0.2) is 9.97 Å². The molecule has 2 N–H and O–H groups in total. The van der Waals surface area contributed by atoms with Gasteiger partial charge >= 0.3 is 0 Å². The number of nitrogens with zero attached hydrogens (tertiary/aromatic N) is 6. The molecule has 0 amide bonds. The first kappa shape index (κ1) is 19.5. The van der Waals surface area contributed by atoms with Crippen LogP contribution in [0, 0.1) is 0 Å². The monoisotopic (exact) mass is 419 g/mol. The third-order valence-corrected chi connectivity index (χ3v) is 6.01. The lowest BCUT2D eigenvalue weighted by Crippen LogP contribution is -2.43. The molecule has 2 aliphatic rings. The number of aryl methyl sites for hydroxylation is 1. The average molecular weight is 419 g/mol. The number of pyridine rings is 1. The predicted molar refractivity (Wildman–Crippen MR) is 121 cm³/mol. The van der Waals surface area contributed by atoms with E-state index in [2.05, 4.69) is 44.6 Å². The molecule has 160 valence electrons. The fraction of sp³-hybridized carbons (Fsp3) is 0.364. The van der Waals surface area contributed by atoms with E-state index in [0.29, 0.717) is 41.9 Å². The SMILES string of the molecule is Cn1cnc2cc(-c3ccc(N4CCNCC4)cc3)nc(N3CCC(=NO)C3)c2c1=O. The molecule has 4 heterocycles. The summed E-state index contributed by atoms with van der Waals surface area (Å²) in [6, 6.07) is 10.3. The highest BCUT2D eigenvalue weighted by Gasteiger charge is 2.24. The summed E-state index contributed by atoms with van der Waals surface area (Å²) in [5.74, 6) is 0.589. The van der Waals surface area contributed by atoms with Crippen LogP contribution in [0.2, 0.25) is 0 Å². The van der Waals surface area contributed by atoms with Crippen LogP contribution in [0.4, 0.5) is 11.5 Å². The van der Waals surface area contributed by atoms with Gasteiger partial charge in [0.25, 0.3) is 5.56 Å². The van der Waals surface area contributed by atoms with E-state index in [-0.39, 0.29) is 5.56 Å². The maximum atomic E-state index is 12.9. The van der Waals surface area contributed by atoms with E-state index in [1.54, 1.807) is 7.05 Å². The van der Waals surface area contributed by atoms with Crippen LogP contribution in [0.25, 0.3) is 22.2 Å². The Morgan fingerprint density at radius 3 is 2.58 bits per heavy atom. The van der Waals surface area contributed by atoms with Crippen LogP contribution >= 0.6 is 0 Å². The van der Waals surface area contributed by atoms with Crippen molar-refractivity contribution in [1.82, 2.24) is 19.9 Å². The van der Waals surface area contributed by atoms with E-state index < -0.39 is 0 Å². The Balaban J connectivity index is 1.58. The highest BCUT2D eigenvalue weighted by molar-refractivity contribution is 5.97. The zero-order valence-electron chi connectivity index (χ0n) is 17.5. The fourth-order valence-corrected chi connectivity index (χ4v) is 4.25. The van der Waals surface area contributed by atoms with E-state index in [1.807, 2.05) is 11.0 Å². The van der Waals surface area contributed by atoms with Crippen molar-refractivity contribution in [2.45, 2.75) is 6.42 Å². The van der Waals surface area contributed by atoms with Crippen molar-refractivity contribution in [1.29, 1.82) is 0 Å². The number of fused-ring (bicyclic) bond motifs is 1. The Kier molecular flexibility index (Phi) is 5.03. The first-order chi connectivity index (χ1) is 15.1. The second-order valence-electron chi connectivity index (χ2n) is 8.01. The third-order valence-electron chi connectivity index (χ3n) is 6.01. The Morgan fingerprint density at radius 1 is 1.10 bits per heavy atom. The summed E-state index contributed by atoms with van der Waals surface area (Å²) < 4.78 is 1.46. The van der Waals surface area contributed by atoms with Crippen molar-refractivity contribution in [3.8, 4) is 11.3 Å². The number of rotatable bonds is 3. The van der Waals surface area contributed by atoms with Crippen LogP contribution in [0.1, 0.15) is 6.42 Å². The van der Waals surface area contributed by atoms with Gasteiger partial charge in [-0.05, 0) is 18.2 Å². The highest BCUT2D eigenvalue weighted by Crippen LogP contribution is 2.30. The van der Waals surface area contributed by atoms with E-state index in [0.717, 1.165) is 37.4 Å². The van der Waals surface area contributed by atoms with Crippen LogP contribution in [-0.2, 0) is 7.05 Å². The average Bonchev–Trinajstić information content (AvgIpc) is 3.31. The first-order valence-corrected chi connectivity index (χ1v) is 10.5. The summed E-state index contributed by atoms with van der Waals surface area (Å²) in [4.78, 5) is 26.6. The number of benzene rings is 1. The van der Waals surface area contributed by atoms with E-state index in [1.165, 1.54) is 16.6 Å². The molecule has 5 rings (SSSR count). The van der Waals surface area contributed by atoms with Gasteiger partial charge in [0, 0.05) is 57.4 Å². The molecule has 2 aromatic heterocycles. The summed E-state index contributed by atoms with van der Waals surface area (Å²) in [6.07, 6.45) is 2.18. The molecule has 0 radical (unpaired) electrons. The topological polar surface area (TPSA) is 98.9 Å². The van der Waals surface area contributed by atoms with Gasteiger partial charge in [0.15, 0.2) is 0 Å². The van der Waals surface area contributed by atoms with Crippen molar-refractivity contribution in [2.75, 3.05) is 49.1 Å². The summed E-state index contributed by atoms with van der Waals surface area (Å²) in [5.41, 5.74) is 4.10. The van der Waals surface area contributed by atoms with Crippen LogP contribution in [0.15, 0.2) is 46.6 Å². The van der Waals surface area contributed by atoms with Gasteiger partial charge in [0.05, 0.1) is 29.8 Å². The molecule has 1 aromatic carbocycles. The van der Waals surface area contributed by atoms with Crippen molar-refractivity contribution in [3.05, 3.63) is 47.0 Å². The molecule has 0 bridgehead atoms. The van der Waals surface area contributed by atoms with Crippen molar-refractivity contribution in [3.63, 3.8) is 0 Å². The van der Waals surface area contributed by atoms with Gasteiger partial charge in [-0.1, -0.05) is 17.3 Å². The highest BCUT2D eigenvalue weighted by atomic mass is 16.4. The molecule has 0 atom stereocenters. The normalized spacial score (nSPS) is 18.3. The Hall–Kier alpha value is -3.46. The number of hydrogen-bond acceptors (Lipinski definition) is 8. The van der Waals surface area contributed by atoms with Crippen molar-refractivity contribution < 1.29 is 5.21 Å². The maximum absolute atomic E-state index is 12.9. The van der Waals surface area contributed by atoms with Crippen LogP contribution in [0.5, 0.6) is 0 Å². The summed E-state index contributed by atoms with van der Waals surface area (Å²) in [7, 11) is 1.69. The lowest BCUT2D eigenvalue weighted by atomic mass is 10.1. The molecule has 31 heavy (non-hydrogen) atoms. The molecule has 9 heteroatoms. The standard InChI is InChI=1S/C22H25N7O2/c1-27-14-24-19-12-18(15-2-4-17(5-3-15)28-10-7-23-8-11-28)25-21(20(19)22(27)30)29-9-6-16(13-29)26-31/h2-5,12,14,23,31H,6-11,13H2,1H3. The van der Waals surface area contributed by atoms with Gasteiger partial charge < -0.3 is 24.9 Å². The summed E-state index contributed by atoms with van der Waals surface area (Å²) in [6.45, 7) is 5.07. The van der Waals surface area contributed by atoms with Crippen LogP contribution in [0.3, 0.4) is 0 Å².